The average molecular weight is 166 g/mol. The molecule has 4 heteroatoms. The molecule has 12 heavy (non-hydrogen) atoms. The molecule has 2 rings (SSSR count). The molecule has 1 aliphatic rings. The largest absolute Gasteiger partial charge is 0.479 e. The lowest BCUT2D eigenvalue weighted by molar-refractivity contribution is 0.307. The molecule has 64 valence electrons. The van der Waals surface area contributed by atoms with Gasteiger partial charge in [0.1, 0.15) is 12.9 Å². The number of ether oxygens (including phenoxy) is 1. The molecule has 0 bridgehead atoms. The van der Waals surface area contributed by atoms with E-state index in [2.05, 4.69) is 9.98 Å². The highest BCUT2D eigenvalue weighted by Gasteiger charge is 2.17. The van der Waals surface area contributed by atoms with E-state index in [0.29, 0.717) is 6.61 Å². The first kappa shape index (κ1) is 7.34. The Labute approximate surface area is 70.3 Å². The lowest BCUT2D eigenvalue weighted by atomic mass is 10.2. The highest BCUT2D eigenvalue weighted by Crippen LogP contribution is 2.09. The molecule has 1 aromatic heterocycles. The SMILES string of the molecule is CC1=NC(Cc2ncco2)CO1. The van der Waals surface area contributed by atoms with E-state index in [0.717, 1.165) is 18.2 Å². The Morgan fingerprint density at radius 2 is 2.58 bits per heavy atom. The van der Waals surface area contributed by atoms with Gasteiger partial charge in [0.2, 0.25) is 0 Å². The zero-order valence-electron chi connectivity index (χ0n) is 6.86. The lowest BCUT2D eigenvalue weighted by Gasteiger charge is -1.99. The Kier molecular flexibility index (Phi) is 1.81. The highest BCUT2D eigenvalue weighted by molar-refractivity contribution is 5.74. The first-order valence-electron chi connectivity index (χ1n) is 3.90. The van der Waals surface area contributed by atoms with E-state index in [1.54, 1.807) is 12.5 Å². The van der Waals surface area contributed by atoms with Crippen LogP contribution in [0.2, 0.25) is 0 Å². The van der Waals surface area contributed by atoms with Gasteiger partial charge in [-0.05, 0) is 0 Å². The number of hydrogen-bond acceptors (Lipinski definition) is 4. The summed E-state index contributed by atoms with van der Waals surface area (Å²) >= 11 is 0. The third-order valence-electron chi connectivity index (χ3n) is 1.74. The van der Waals surface area contributed by atoms with Crippen LogP contribution in [0.15, 0.2) is 21.9 Å². The molecule has 2 heterocycles. The van der Waals surface area contributed by atoms with Crippen molar-refractivity contribution in [3.63, 3.8) is 0 Å². The Hall–Kier alpha value is -1.32. The Bertz CT molecular complexity index is 279. The number of nitrogens with zero attached hydrogens (tertiary/aromatic N) is 2. The maximum Gasteiger partial charge on any atom is 0.196 e. The van der Waals surface area contributed by atoms with Crippen molar-refractivity contribution in [1.29, 1.82) is 0 Å². The minimum absolute atomic E-state index is 0.184. The minimum Gasteiger partial charge on any atom is -0.479 e. The molecule has 1 unspecified atom stereocenters. The average Bonchev–Trinajstić information content (AvgIpc) is 2.63. The topological polar surface area (TPSA) is 47.6 Å². The normalized spacial score (nSPS) is 22.1. The van der Waals surface area contributed by atoms with E-state index in [1.165, 1.54) is 0 Å². The lowest BCUT2D eigenvalue weighted by Crippen LogP contribution is -2.09. The van der Waals surface area contributed by atoms with Crippen LogP contribution in [0, 0.1) is 0 Å². The van der Waals surface area contributed by atoms with Crippen molar-refractivity contribution >= 4 is 5.90 Å². The molecule has 1 aliphatic heterocycles. The fraction of sp³-hybridized carbons (Fsp3) is 0.500. The molecule has 0 spiro atoms. The monoisotopic (exact) mass is 166 g/mol. The van der Waals surface area contributed by atoms with Gasteiger partial charge in [0, 0.05) is 6.92 Å². The molecule has 1 aromatic rings. The van der Waals surface area contributed by atoms with Crippen molar-refractivity contribution in [2.45, 2.75) is 19.4 Å². The summed E-state index contributed by atoms with van der Waals surface area (Å²) in [5.74, 6) is 1.48. The summed E-state index contributed by atoms with van der Waals surface area (Å²) in [6, 6.07) is 0.184. The number of aliphatic imine (C=N–C) groups is 1. The maximum absolute atomic E-state index is 5.19. The van der Waals surface area contributed by atoms with E-state index < -0.39 is 0 Å². The third-order valence-corrected chi connectivity index (χ3v) is 1.74. The van der Waals surface area contributed by atoms with Crippen LogP contribution in [0.3, 0.4) is 0 Å². The first-order valence-corrected chi connectivity index (χ1v) is 3.90. The van der Waals surface area contributed by atoms with Gasteiger partial charge in [-0.1, -0.05) is 0 Å². The van der Waals surface area contributed by atoms with Gasteiger partial charge in [0.05, 0.1) is 18.7 Å². The van der Waals surface area contributed by atoms with Crippen LogP contribution in [0.5, 0.6) is 0 Å². The van der Waals surface area contributed by atoms with Crippen LogP contribution in [0.4, 0.5) is 0 Å². The van der Waals surface area contributed by atoms with E-state index in [-0.39, 0.29) is 6.04 Å². The van der Waals surface area contributed by atoms with Gasteiger partial charge in [-0.3, -0.25) is 0 Å². The summed E-state index contributed by atoms with van der Waals surface area (Å²) in [5, 5.41) is 0. The summed E-state index contributed by atoms with van der Waals surface area (Å²) < 4.78 is 10.3. The summed E-state index contributed by atoms with van der Waals surface area (Å²) in [5.41, 5.74) is 0. The van der Waals surface area contributed by atoms with Crippen molar-refractivity contribution in [1.82, 2.24) is 4.98 Å². The quantitative estimate of drug-likeness (QED) is 0.659. The highest BCUT2D eigenvalue weighted by atomic mass is 16.5. The second-order valence-electron chi connectivity index (χ2n) is 2.74. The zero-order valence-corrected chi connectivity index (χ0v) is 6.86. The van der Waals surface area contributed by atoms with E-state index in [9.17, 15) is 0 Å². The predicted molar refractivity (Wildman–Crippen MR) is 43.1 cm³/mol. The van der Waals surface area contributed by atoms with Crippen LogP contribution < -0.4 is 0 Å². The molecule has 1 atom stereocenters. The molecule has 0 fully saturated rings. The van der Waals surface area contributed by atoms with Crippen molar-refractivity contribution in [2.75, 3.05) is 6.61 Å². The van der Waals surface area contributed by atoms with Gasteiger partial charge in [-0.15, -0.1) is 0 Å². The smallest absolute Gasteiger partial charge is 0.196 e. The predicted octanol–water partition coefficient (Wildman–Crippen LogP) is 1.03. The molecular formula is C8H10N2O2. The van der Waals surface area contributed by atoms with Crippen LogP contribution >= 0.6 is 0 Å². The fourth-order valence-corrected chi connectivity index (χ4v) is 1.21. The first-order chi connectivity index (χ1) is 5.84. The molecule has 0 aliphatic carbocycles. The van der Waals surface area contributed by atoms with E-state index in [4.69, 9.17) is 9.15 Å². The van der Waals surface area contributed by atoms with Gasteiger partial charge in [0.25, 0.3) is 0 Å². The molecule has 0 saturated carbocycles. The Morgan fingerprint density at radius 3 is 3.17 bits per heavy atom. The number of rotatable bonds is 2. The zero-order chi connectivity index (χ0) is 8.39. The Morgan fingerprint density at radius 1 is 1.67 bits per heavy atom. The molecule has 0 amide bonds. The van der Waals surface area contributed by atoms with Crippen molar-refractivity contribution in [3.05, 3.63) is 18.4 Å². The van der Waals surface area contributed by atoms with Gasteiger partial charge in [0.15, 0.2) is 11.8 Å². The number of hydrogen-bond donors (Lipinski definition) is 0. The van der Waals surface area contributed by atoms with Gasteiger partial charge in [-0.25, -0.2) is 9.98 Å². The summed E-state index contributed by atoms with van der Waals surface area (Å²) in [6.45, 7) is 2.50. The van der Waals surface area contributed by atoms with Gasteiger partial charge in [-0.2, -0.15) is 0 Å². The van der Waals surface area contributed by atoms with Crippen LogP contribution in [-0.2, 0) is 11.2 Å². The van der Waals surface area contributed by atoms with Gasteiger partial charge < -0.3 is 9.15 Å². The Balaban J connectivity index is 1.97. The van der Waals surface area contributed by atoms with Crippen LogP contribution in [0.1, 0.15) is 12.8 Å². The summed E-state index contributed by atoms with van der Waals surface area (Å²) in [4.78, 5) is 8.27. The van der Waals surface area contributed by atoms with Crippen molar-refractivity contribution in [3.8, 4) is 0 Å². The van der Waals surface area contributed by atoms with Crippen LogP contribution in [-0.4, -0.2) is 23.5 Å². The second-order valence-corrected chi connectivity index (χ2v) is 2.74. The standard InChI is InChI=1S/C8H10N2O2/c1-6-10-7(5-12-6)4-8-9-2-3-11-8/h2-3,7H,4-5H2,1H3. The third kappa shape index (κ3) is 1.47. The molecular weight excluding hydrogens is 156 g/mol. The molecule has 0 N–H and O–H groups in total. The molecule has 4 nitrogen and oxygen atoms in total. The van der Waals surface area contributed by atoms with Gasteiger partial charge >= 0.3 is 0 Å². The number of aromatic nitrogens is 1. The molecule has 0 radical (unpaired) electrons. The van der Waals surface area contributed by atoms with Crippen molar-refractivity contribution < 1.29 is 9.15 Å². The number of oxazole rings is 1. The maximum atomic E-state index is 5.19. The van der Waals surface area contributed by atoms with Crippen molar-refractivity contribution in [2.24, 2.45) is 4.99 Å². The minimum atomic E-state index is 0.184. The fourth-order valence-electron chi connectivity index (χ4n) is 1.21. The second kappa shape index (κ2) is 2.97. The molecule has 0 aromatic carbocycles. The van der Waals surface area contributed by atoms with E-state index >= 15 is 0 Å². The molecule has 0 saturated heterocycles. The summed E-state index contributed by atoms with van der Waals surface area (Å²) in [7, 11) is 0. The van der Waals surface area contributed by atoms with Crippen LogP contribution in [0.25, 0.3) is 0 Å². The van der Waals surface area contributed by atoms with E-state index in [1.807, 2.05) is 6.92 Å². The summed E-state index contributed by atoms with van der Waals surface area (Å²) in [6.07, 6.45) is 3.94.